The maximum absolute atomic E-state index is 12.1. The van der Waals surface area contributed by atoms with Gasteiger partial charge in [0, 0.05) is 13.8 Å². The Kier molecular flexibility index (Phi) is 10.3. The van der Waals surface area contributed by atoms with Gasteiger partial charge in [-0.1, -0.05) is 36.4 Å². The monoisotopic (exact) mass is 460 g/mol. The summed E-state index contributed by atoms with van der Waals surface area (Å²) in [4.78, 5) is 34.5. The molecule has 9 nitrogen and oxygen atoms in total. The summed E-state index contributed by atoms with van der Waals surface area (Å²) in [5, 5.41) is 0. The fraction of sp³-hybridized carbons (Fsp3) is 0.375. The van der Waals surface area contributed by atoms with Crippen LogP contribution in [0, 0.1) is 0 Å². The van der Waals surface area contributed by atoms with E-state index in [1.165, 1.54) is 34.3 Å². The summed E-state index contributed by atoms with van der Waals surface area (Å²) in [5.74, 6) is -1.46. The van der Waals surface area contributed by atoms with Crippen molar-refractivity contribution in [3.8, 4) is 0 Å². The predicted molar refractivity (Wildman–Crippen MR) is 118 cm³/mol. The number of hydrogen-bond donors (Lipinski definition) is 0. The number of ether oxygens (including phenoxy) is 6. The second kappa shape index (κ2) is 13.2. The van der Waals surface area contributed by atoms with Gasteiger partial charge in [-0.25, -0.2) is 4.79 Å². The second-order valence-corrected chi connectivity index (χ2v) is 6.89. The van der Waals surface area contributed by atoms with Gasteiger partial charge in [0.15, 0.2) is 6.29 Å². The molecule has 0 saturated heterocycles. The Balaban J connectivity index is 2.04. The first-order valence-electron chi connectivity index (χ1n) is 10.2. The van der Waals surface area contributed by atoms with Crippen LogP contribution in [0.2, 0.25) is 0 Å². The number of rotatable bonds is 10. The highest BCUT2D eigenvalue weighted by Gasteiger charge is 2.30. The molecule has 0 spiro atoms. The largest absolute Gasteiger partial charge is 0.503 e. The van der Waals surface area contributed by atoms with Crippen LogP contribution in [0.25, 0.3) is 11.6 Å². The van der Waals surface area contributed by atoms with Crippen LogP contribution in [0.15, 0.2) is 48.8 Å². The van der Waals surface area contributed by atoms with Crippen LogP contribution in [-0.4, -0.2) is 63.8 Å². The Hall–Kier alpha value is -3.43. The normalized spacial score (nSPS) is 20.4. The molecule has 0 amide bonds. The van der Waals surface area contributed by atoms with E-state index in [4.69, 9.17) is 28.4 Å². The summed E-state index contributed by atoms with van der Waals surface area (Å²) in [7, 11) is 2.75. The van der Waals surface area contributed by atoms with Gasteiger partial charge in [-0.3, -0.25) is 9.59 Å². The molecule has 9 heteroatoms. The SMILES string of the molecule is CO/C=C(/C(=O)OC)c1ccccc1/C=C/COC1C=CC(OC(C)=O)C(COC(C)=O)O1. The molecule has 0 saturated carbocycles. The molecule has 1 aromatic carbocycles. The van der Waals surface area contributed by atoms with E-state index < -0.39 is 36.4 Å². The van der Waals surface area contributed by atoms with E-state index in [9.17, 15) is 14.4 Å². The molecular formula is C24H28O9. The molecule has 1 aliphatic rings. The second-order valence-electron chi connectivity index (χ2n) is 6.89. The molecule has 178 valence electrons. The molecule has 0 aliphatic carbocycles. The lowest BCUT2D eigenvalue weighted by molar-refractivity contribution is -0.194. The summed E-state index contributed by atoms with van der Waals surface area (Å²) < 4.78 is 31.5. The fourth-order valence-electron chi connectivity index (χ4n) is 3.02. The van der Waals surface area contributed by atoms with Gasteiger partial charge in [0.1, 0.15) is 24.4 Å². The van der Waals surface area contributed by atoms with Gasteiger partial charge in [-0.2, -0.15) is 0 Å². The Morgan fingerprint density at radius 2 is 1.82 bits per heavy atom. The minimum Gasteiger partial charge on any atom is -0.503 e. The van der Waals surface area contributed by atoms with Crippen LogP contribution in [0.3, 0.4) is 0 Å². The average molecular weight is 460 g/mol. The lowest BCUT2D eigenvalue weighted by Crippen LogP contribution is -2.42. The Morgan fingerprint density at radius 1 is 1.06 bits per heavy atom. The number of esters is 3. The van der Waals surface area contributed by atoms with E-state index in [0.29, 0.717) is 5.56 Å². The summed E-state index contributed by atoms with van der Waals surface area (Å²) in [6.45, 7) is 2.67. The van der Waals surface area contributed by atoms with Gasteiger partial charge in [0.25, 0.3) is 0 Å². The third-order valence-corrected chi connectivity index (χ3v) is 4.43. The van der Waals surface area contributed by atoms with Gasteiger partial charge in [-0.15, -0.1) is 0 Å². The first kappa shape index (κ1) is 25.8. The quantitative estimate of drug-likeness (QED) is 0.171. The van der Waals surface area contributed by atoms with Gasteiger partial charge in [0.2, 0.25) is 0 Å². The van der Waals surface area contributed by atoms with E-state index in [-0.39, 0.29) is 18.8 Å². The molecule has 1 aromatic rings. The third-order valence-electron chi connectivity index (χ3n) is 4.43. The lowest BCUT2D eigenvalue weighted by Gasteiger charge is -2.31. The zero-order valence-corrected chi connectivity index (χ0v) is 19.0. The standard InChI is InChI=1S/C24H28O9/c1-16(25)31-15-22-21(32-17(2)26)11-12-23(33-22)30-13-7-9-18-8-5-6-10-19(18)20(14-28-3)24(27)29-4/h5-12,14,21-23H,13,15H2,1-4H3/b9-7+,20-14+. The van der Waals surface area contributed by atoms with Gasteiger partial charge in [0.05, 0.1) is 27.1 Å². The Bertz CT molecular complexity index is 916. The van der Waals surface area contributed by atoms with Crippen LogP contribution in [0.5, 0.6) is 0 Å². The van der Waals surface area contributed by atoms with E-state index >= 15 is 0 Å². The molecule has 0 radical (unpaired) electrons. The first-order chi connectivity index (χ1) is 15.8. The maximum atomic E-state index is 12.1. The van der Waals surface area contributed by atoms with Gasteiger partial charge >= 0.3 is 17.9 Å². The van der Waals surface area contributed by atoms with Crippen LogP contribution >= 0.6 is 0 Å². The highest BCUT2D eigenvalue weighted by molar-refractivity contribution is 6.17. The molecule has 0 N–H and O–H groups in total. The number of methoxy groups -OCH3 is 2. The topological polar surface area (TPSA) is 107 Å². The van der Waals surface area contributed by atoms with Crippen molar-refractivity contribution in [1.29, 1.82) is 0 Å². The van der Waals surface area contributed by atoms with Gasteiger partial charge < -0.3 is 28.4 Å². The van der Waals surface area contributed by atoms with Crippen LogP contribution < -0.4 is 0 Å². The van der Waals surface area contributed by atoms with Crippen LogP contribution in [-0.2, 0) is 42.8 Å². The molecular weight excluding hydrogens is 432 g/mol. The molecule has 0 fully saturated rings. The van der Waals surface area contributed by atoms with Crippen LogP contribution in [0.4, 0.5) is 0 Å². The van der Waals surface area contributed by atoms with E-state index in [0.717, 1.165) is 5.56 Å². The Morgan fingerprint density at radius 3 is 2.48 bits per heavy atom. The van der Waals surface area contributed by atoms with E-state index in [1.807, 2.05) is 12.1 Å². The highest BCUT2D eigenvalue weighted by atomic mass is 16.7. The van der Waals surface area contributed by atoms with Crippen molar-refractivity contribution in [2.24, 2.45) is 0 Å². The average Bonchev–Trinajstić information content (AvgIpc) is 2.79. The van der Waals surface area contributed by atoms with E-state index in [2.05, 4.69) is 0 Å². The molecule has 1 heterocycles. The highest BCUT2D eigenvalue weighted by Crippen LogP contribution is 2.22. The van der Waals surface area contributed by atoms with Crippen molar-refractivity contribution < 1.29 is 42.8 Å². The minimum atomic E-state index is -0.726. The van der Waals surface area contributed by atoms with Crippen molar-refractivity contribution in [2.75, 3.05) is 27.4 Å². The minimum absolute atomic E-state index is 0.0805. The molecule has 0 aromatic heterocycles. The number of benzene rings is 1. The number of carbonyl (C=O) groups is 3. The van der Waals surface area contributed by atoms with Crippen LogP contribution in [0.1, 0.15) is 25.0 Å². The van der Waals surface area contributed by atoms with Gasteiger partial charge in [-0.05, 0) is 23.3 Å². The van der Waals surface area contributed by atoms with Crippen molar-refractivity contribution in [3.63, 3.8) is 0 Å². The lowest BCUT2D eigenvalue weighted by atomic mass is 10.0. The zero-order chi connectivity index (χ0) is 24.2. The van der Waals surface area contributed by atoms with Crippen molar-refractivity contribution in [3.05, 3.63) is 59.9 Å². The third kappa shape index (κ3) is 8.21. The molecule has 0 bridgehead atoms. The zero-order valence-electron chi connectivity index (χ0n) is 19.0. The maximum Gasteiger partial charge on any atom is 0.341 e. The summed E-state index contributed by atoms with van der Waals surface area (Å²) in [6.07, 6.45) is 6.04. The molecule has 2 rings (SSSR count). The number of carbonyl (C=O) groups excluding carboxylic acids is 3. The molecule has 33 heavy (non-hydrogen) atoms. The predicted octanol–water partition coefficient (Wildman–Crippen LogP) is 2.65. The first-order valence-corrected chi connectivity index (χ1v) is 10.2. The number of hydrogen-bond acceptors (Lipinski definition) is 9. The smallest absolute Gasteiger partial charge is 0.341 e. The fourth-order valence-corrected chi connectivity index (χ4v) is 3.02. The molecule has 3 atom stereocenters. The Labute approximate surface area is 192 Å². The van der Waals surface area contributed by atoms with Crippen molar-refractivity contribution >= 4 is 29.6 Å². The van der Waals surface area contributed by atoms with Crippen molar-refractivity contribution in [2.45, 2.75) is 32.3 Å². The molecule has 3 unspecified atom stereocenters. The molecule has 1 aliphatic heterocycles. The summed E-state index contributed by atoms with van der Waals surface area (Å²) >= 11 is 0. The van der Waals surface area contributed by atoms with E-state index in [1.54, 1.807) is 36.4 Å². The summed E-state index contributed by atoms with van der Waals surface area (Å²) in [5.41, 5.74) is 1.68. The summed E-state index contributed by atoms with van der Waals surface area (Å²) in [6, 6.07) is 7.27. The van der Waals surface area contributed by atoms with Crippen molar-refractivity contribution in [1.82, 2.24) is 0 Å².